The van der Waals surface area contributed by atoms with E-state index in [-0.39, 0.29) is 24.2 Å². The average molecular weight is 412 g/mol. The molecule has 0 saturated heterocycles. The van der Waals surface area contributed by atoms with Gasteiger partial charge in [0.05, 0.1) is 17.7 Å². The topological polar surface area (TPSA) is 59.5 Å². The third-order valence-corrected chi connectivity index (χ3v) is 4.36. The van der Waals surface area contributed by atoms with Crippen LogP contribution in [0, 0.1) is 3.57 Å². The summed E-state index contributed by atoms with van der Waals surface area (Å²) >= 11 is 2.03. The number of carbonyl (C=O) groups is 2. The van der Waals surface area contributed by atoms with Gasteiger partial charge in [-0.1, -0.05) is 12.1 Å². The molecule has 1 aliphatic heterocycles. The van der Waals surface area contributed by atoms with Gasteiger partial charge in [0.1, 0.15) is 0 Å². The molecule has 112 valence electrons. The van der Waals surface area contributed by atoms with E-state index in [0.29, 0.717) is 16.7 Å². The molecule has 0 saturated carbocycles. The van der Waals surface area contributed by atoms with E-state index < -0.39 is 6.86 Å². The van der Waals surface area contributed by atoms with Crippen LogP contribution in [0.5, 0.6) is 5.88 Å². The van der Waals surface area contributed by atoms with E-state index >= 15 is 0 Å². The number of imide groups is 1. The summed E-state index contributed by atoms with van der Waals surface area (Å²) in [5.74, 6) is -0.649. The van der Waals surface area contributed by atoms with Crippen molar-refractivity contribution in [2.24, 2.45) is 0 Å². The van der Waals surface area contributed by atoms with Crippen LogP contribution in [0.3, 0.4) is 0 Å². The number of halogens is 2. The van der Waals surface area contributed by atoms with Crippen LogP contribution >= 0.6 is 22.6 Å². The number of nitrogens with zero attached hydrogens (tertiary/aromatic N) is 2. The number of ether oxygens (including phenoxy) is 1. The molecule has 5 nitrogen and oxygen atoms in total. The highest BCUT2D eigenvalue weighted by Gasteiger charge is 2.36. The first-order chi connectivity index (χ1) is 10.6. The Bertz CT molecular complexity index is 731. The predicted octanol–water partition coefficient (Wildman–Crippen LogP) is 2.79. The highest BCUT2D eigenvalue weighted by Crippen LogP contribution is 2.28. The molecule has 0 spiro atoms. The van der Waals surface area contributed by atoms with Gasteiger partial charge in [0, 0.05) is 15.3 Å². The lowest BCUT2D eigenvalue weighted by molar-refractivity contribution is 0.0639. The lowest BCUT2D eigenvalue weighted by atomic mass is 10.1. The van der Waals surface area contributed by atoms with Crippen molar-refractivity contribution in [3.05, 3.63) is 56.8 Å². The fourth-order valence-electron chi connectivity index (χ4n) is 2.31. The number of carbonyl (C=O) groups excluding carboxylic acids is 2. The summed E-state index contributed by atoms with van der Waals surface area (Å²) in [5.41, 5.74) is 1.26. The number of pyridine rings is 1. The fraction of sp³-hybridized carbons (Fsp3) is 0.133. The molecule has 0 bridgehead atoms. The second kappa shape index (κ2) is 5.99. The van der Waals surface area contributed by atoms with Gasteiger partial charge in [0.15, 0.2) is 0 Å². The summed E-state index contributed by atoms with van der Waals surface area (Å²) in [7, 11) is 0. The molecule has 2 heterocycles. The number of aromatic nitrogens is 1. The SMILES string of the molecule is O=C1c2ccccc2C(=O)N1Cc1c(I)ccnc1OCF. The molecule has 3 rings (SSSR count). The van der Waals surface area contributed by atoms with Crippen molar-refractivity contribution >= 4 is 34.4 Å². The van der Waals surface area contributed by atoms with Crippen LogP contribution in [0.15, 0.2) is 36.5 Å². The van der Waals surface area contributed by atoms with Crippen molar-refractivity contribution < 1.29 is 18.7 Å². The molecule has 0 atom stereocenters. The summed E-state index contributed by atoms with van der Waals surface area (Å²) < 4.78 is 18.0. The van der Waals surface area contributed by atoms with Crippen molar-refractivity contribution in [3.63, 3.8) is 0 Å². The number of rotatable bonds is 4. The van der Waals surface area contributed by atoms with Gasteiger partial charge in [0.2, 0.25) is 12.7 Å². The number of amides is 2. The first-order valence-corrected chi connectivity index (χ1v) is 7.48. The Labute approximate surface area is 139 Å². The van der Waals surface area contributed by atoms with Gasteiger partial charge in [-0.25, -0.2) is 9.37 Å². The third kappa shape index (κ3) is 2.45. The molecule has 0 unspecified atom stereocenters. The maximum absolute atomic E-state index is 12.5. The van der Waals surface area contributed by atoms with Crippen molar-refractivity contribution in [3.8, 4) is 5.88 Å². The molecule has 2 aromatic rings. The van der Waals surface area contributed by atoms with E-state index in [0.717, 1.165) is 8.47 Å². The van der Waals surface area contributed by atoms with Gasteiger partial charge in [-0.2, -0.15) is 0 Å². The molecule has 1 aromatic carbocycles. The first kappa shape index (κ1) is 14.9. The minimum Gasteiger partial charge on any atom is -0.446 e. The van der Waals surface area contributed by atoms with Crippen molar-refractivity contribution in [2.45, 2.75) is 6.54 Å². The van der Waals surface area contributed by atoms with Crippen LogP contribution in [0.4, 0.5) is 4.39 Å². The molecule has 0 fully saturated rings. The molecule has 2 amide bonds. The Balaban J connectivity index is 1.96. The highest BCUT2D eigenvalue weighted by atomic mass is 127. The van der Waals surface area contributed by atoms with E-state index in [1.165, 1.54) is 6.20 Å². The minimum absolute atomic E-state index is 0.00616. The maximum atomic E-state index is 12.5. The molecule has 0 aliphatic carbocycles. The predicted molar refractivity (Wildman–Crippen MR) is 84.2 cm³/mol. The van der Waals surface area contributed by atoms with Crippen molar-refractivity contribution in [2.75, 3.05) is 6.86 Å². The molecule has 1 aromatic heterocycles. The minimum atomic E-state index is -1.03. The van der Waals surface area contributed by atoms with Gasteiger partial charge in [0.25, 0.3) is 11.8 Å². The Kier molecular flexibility index (Phi) is 4.06. The van der Waals surface area contributed by atoms with E-state index in [2.05, 4.69) is 4.98 Å². The second-order valence-corrected chi connectivity index (χ2v) is 5.73. The average Bonchev–Trinajstić information content (AvgIpc) is 2.76. The summed E-state index contributed by atoms with van der Waals surface area (Å²) in [5, 5.41) is 0. The lowest BCUT2D eigenvalue weighted by Gasteiger charge is -2.16. The second-order valence-electron chi connectivity index (χ2n) is 4.57. The van der Waals surface area contributed by atoms with E-state index in [9.17, 15) is 14.0 Å². The molecular weight excluding hydrogens is 402 g/mol. The van der Waals surface area contributed by atoms with Crippen LogP contribution in [-0.4, -0.2) is 28.6 Å². The standard InChI is InChI=1S/C15H10FIN2O3/c16-8-22-13-11(12(17)5-6-18-13)7-19-14(20)9-3-1-2-4-10(9)15(19)21/h1-6H,7-8H2. The van der Waals surface area contributed by atoms with Gasteiger partial charge >= 0.3 is 0 Å². The quantitative estimate of drug-likeness (QED) is 0.573. The van der Waals surface area contributed by atoms with E-state index in [1.54, 1.807) is 30.3 Å². The molecule has 0 radical (unpaired) electrons. The Morgan fingerprint density at radius 2 is 1.77 bits per heavy atom. The molecule has 1 aliphatic rings. The lowest BCUT2D eigenvalue weighted by Crippen LogP contribution is -2.29. The zero-order chi connectivity index (χ0) is 15.7. The van der Waals surface area contributed by atoms with Crippen molar-refractivity contribution in [1.82, 2.24) is 9.88 Å². The monoisotopic (exact) mass is 412 g/mol. The van der Waals surface area contributed by atoms with Crippen LogP contribution in [0.1, 0.15) is 26.3 Å². The smallest absolute Gasteiger partial charge is 0.261 e. The normalized spacial score (nSPS) is 13.5. The van der Waals surface area contributed by atoms with Crippen molar-refractivity contribution in [1.29, 1.82) is 0 Å². The van der Waals surface area contributed by atoms with Gasteiger partial charge < -0.3 is 4.74 Å². The Hall–Kier alpha value is -2.03. The number of benzene rings is 1. The number of fused-ring (bicyclic) bond motifs is 1. The van der Waals surface area contributed by atoms with Crippen LogP contribution in [0.2, 0.25) is 0 Å². The Morgan fingerprint density at radius 1 is 1.14 bits per heavy atom. The molecular formula is C15H10FIN2O3. The Morgan fingerprint density at radius 3 is 2.36 bits per heavy atom. The van der Waals surface area contributed by atoms with Gasteiger partial charge in [-0.3, -0.25) is 14.5 Å². The number of hydrogen-bond donors (Lipinski definition) is 0. The fourth-order valence-corrected chi connectivity index (χ4v) is 2.87. The number of alkyl halides is 1. The number of hydrogen-bond acceptors (Lipinski definition) is 4. The van der Waals surface area contributed by atoms with Gasteiger partial charge in [-0.15, -0.1) is 0 Å². The molecule has 7 heteroatoms. The van der Waals surface area contributed by atoms with E-state index in [1.807, 2.05) is 22.6 Å². The van der Waals surface area contributed by atoms with Gasteiger partial charge in [-0.05, 0) is 40.8 Å². The van der Waals surface area contributed by atoms with Crippen LogP contribution < -0.4 is 4.74 Å². The van der Waals surface area contributed by atoms with Crippen LogP contribution in [0.25, 0.3) is 0 Å². The summed E-state index contributed by atoms with van der Waals surface area (Å²) in [6.45, 7) is -1.03. The summed E-state index contributed by atoms with van der Waals surface area (Å²) in [6, 6.07) is 8.35. The van der Waals surface area contributed by atoms with E-state index in [4.69, 9.17) is 4.74 Å². The molecule has 0 N–H and O–H groups in total. The third-order valence-electron chi connectivity index (χ3n) is 3.34. The zero-order valence-corrected chi connectivity index (χ0v) is 13.4. The first-order valence-electron chi connectivity index (χ1n) is 6.41. The van der Waals surface area contributed by atoms with Crippen LogP contribution in [-0.2, 0) is 6.54 Å². The largest absolute Gasteiger partial charge is 0.446 e. The summed E-state index contributed by atoms with van der Waals surface area (Å²) in [6.07, 6.45) is 1.48. The maximum Gasteiger partial charge on any atom is 0.261 e. The zero-order valence-electron chi connectivity index (χ0n) is 11.3. The molecule has 22 heavy (non-hydrogen) atoms. The highest BCUT2D eigenvalue weighted by molar-refractivity contribution is 14.1. The summed E-state index contributed by atoms with van der Waals surface area (Å²) in [4.78, 5) is 29.8.